The van der Waals surface area contributed by atoms with Crippen LogP contribution in [0.2, 0.25) is 0 Å². The molecule has 0 amide bonds. The maximum atomic E-state index is 12.0. The van der Waals surface area contributed by atoms with E-state index in [1.54, 1.807) is 0 Å². The molecule has 2 unspecified atom stereocenters. The van der Waals surface area contributed by atoms with Gasteiger partial charge in [-0.1, -0.05) is 13.3 Å². The maximum Gasteiger partial charge on any atom is 0.227 e. The van der Waals surface area contributed by atoms with Crippen molar-refractivity contribution < 1.29 is 8.42 Å². The van der Waals surface area contributed by atoms with Gasteiger partial charge in [0.05, 0.1) is 17.5 Å². The first-order valence-electron chi connectivity index (χ1n) is 9.34. The van der Waals surface area contributed by atoms with E-state index in [9.17, 15) is 8.42 Å². The van der Waals surface area contributed by atoms with Gasteiger partial charge in [0, 0.05) is 38.4 Å². The molecule has 138 valence electrons. The lowest BCUT2D eigenvalue weighted by molar-refractivity contribution is 0.391. The zero-order chi connectivity index (χ0) is 17.4. The predicted octanol–water partition coefficient (Wildman–Crippen LogP) is 0.678. The Hall–Kier alpha value is -1.41. The fourth-order valence-corrected chi connectivity index (χ4v) is 6.30. The van der Waals surface area contributed by atoms with E-state index in [-0.39, 0.29) is 23.6 Å². The number of nitrogens with one attached hydrogen (secondary N) is 1. The Morgan fingerprint density at radius 2 is 2.04 bits per heavy atom. The monoisotopic (exact) mass is 365 g/mol. The summed E-state index contributed by atoms with van der Waals surface area (Å²) in [5, 5.41) is 3.35. The van der Waals surface area contributed by atoms with Crippen LogP contribution in [-0.2, 0) is 9.84 Å². The van der Waals surface area contributed by atoms with Gasteiger partial charge in [0.25, 0.3) is 0 Å². The van der Waals surface area contributed by atoms with Crippen molar-refractivity contribution in [2.75, 3.05) is 47.5 Å². The van der Waals surface area contributed by atoms with E-state index in [0.717, 1.165) is 43.9 Å². The van der Waals surface area contributed by atoms with Gasteiger partial charge in [-0.05, 0) is 24.8 Å². The third kappa shape index (κ3) is 3.46. The van der Waals surface area contributed by atoms with E-state index in [4.69, 9.17) is 4.98 Å². The highest BCUT2D eigenvalue weighted by atomic mass is 32.2. The molecule has 4 heterocycles. The van der Waals surface area contributed by atoms with Crippen molar-refractivity contribution in [3.05, 3.63) is 12.3 Å². The normalized spacial score (nSPS) is 29.6. The maximum absolute atomic E-state index is 12.0. The number of hydrogen-bond acceptors (Lipinski definition) is 7. The highest BCUT2D eigenvalue weighted by molar-refractivity contribution is 7.91. The molecule has 7 nitrogen and oxygen atoms in total. The van der Waals surface area contributed by atoms with Crippen LogP contribution in [0.25, 0.3) is 0 Å². The van der Waals surface area contributed by atoms with Crippen molar-refractivity contribution in [2.24, 2.45) is 5.92 Å². The average Bonchev–Trinajstić information content (AvgIpc) is 2.95. The number of aromatic nitrogens is 2. The molecular weight excluding hydrogens is 338 g/mol. The summed E-state index contributed by atoms with van der Waals surface area (Å²) in [6, 6.07) is 1.90. The quantitative estimate of drug-likeness (QED) is 0.844. The van der Waals surface area contributed by atoms with Crippen LogP contribution in [0.4, 0.5) is 11.8 Å². The van der Waals surface area contributed by atoms with E-state index in [1.807, 2.05) is 12.3 Å². The predicted molar refractivity (Wildman–Crippen MR) is 98.8 cm³/mol. The van der Waals surface area contributed by atoms with Crippen LogP contribution in [0.15, 0.2) is 12.3 Å². The molecule has 0 aromatic carbocycles. The standard InChI is InChI=1S/C17H27N5O2S/c1-2-13-4-8-21(9-5-13)17-19-6-3-16(20-17)22-10-7-18-14-11-25(23,24)12-15(14)22/h3,6,13-15,18H,2,4-5,7-12H2,1H3. The van der Waals surface area contributed by atoms with Gasteiger partial charge in [-0.15, -0.1) is 0 Å². The molecule has 8 heteroatoms. The number of hydrogen-bond donors (Lipinski definition) is 1. The smallest absolute Gasteiger partial charge is 0.227 e. The van der Waals surface area contributed by atoms with Gasteiger partial charge >= 0.3 is 0 Å². The summed E-state index contributed by atoms with van der Waals surface area (Å²) in [6.45, 7) is 5.84. The fourth-order valence-electron chi connectivity index (χ4n) is 4.34. The molecule has 2 atom stereocenters. The molecule has 1 N–H and O–H groups in total. The van der Waals surface area contributed by atoms with E-state index >= 15 is 0 Å². The number of sulfone groups is 1. The Balaban J connectivity index is 1.53. The van der Waals surface area contributed by atoms with Crippen LogP contribution < -0.4 is 15.1 Å². The van der Waals surface area contributed by atoms with Crippen LogP contribution in [0.5, 0.6) is 0 Å². The highest BCUT2D eigenvalue weighted by Gasteiger charge is 2.43. The van der Waals surface area contributed by atoms with Crippen LogP contribution in [-0.4, -0.2) is 68.2 Å². The number of fused-ring (bicyclic) bond motifs is 1. The summed E-state index contributed by atoms with van der Waals surface area (Å²) in [4.78, 5) is 13.7. The number of piperazine rings is 1. The Morgan fingerprint density at radius 1 is 1.24 bits per heavy atom. The molecule has 3 fully saturated rings. The van der Waals surface area contributed by atoms with Crippen LogP contribution in [0.1, 0.15) is 26.2 Å². The van der Waals surface area contributed by atoms with Gasteiger partial charge in [-0.2, -0.15) is 4.98 Å². The molecule has 3 aliphatic rings. The minimum absolute atomic E-state index is 0.0115. The van der Waals surface area contributed by atoms with Gasteiger partial charge in [0.2, 0.25) is 5.95 Å². The Labute approximate surface area is 149 Å². The van der Waals surface area contributed by atoms with Gasteiger partial charge in [0.1, 0.15) is 5.82 Å². The number of piperidine rings is 1. The van der Waals surface area contributed by atoms with E-state index < -0.39 is 9.84 Å². The molecule has 25 heavy (non-hydrogen) atoms. The van der Waals surface area contributed by atoms with Gasteiger partial charge in [0.15, 0.2) is 9.84 Å². The molecule has 1 aromatic heterocycles. The number of nitrogens with zero attached hydrogens (tertiary/aromatic N) is 4. The van der Waals surface area contributed by atoms with Crippen molar-refractivity contribution in [2.45, 2.75) is 38.3 Å². The fraction of sp³-hybridized carbons (Fsp3) is 0.765. The molecule has 0 saturated carbocycles. The summed E-state index contributed by atoms with van der Waals surface area (Å²) in [6.07, 6.45) is 5.44. The first-order chi connectivity index (χ1) is 12.1. The van der Waals surface area contributed by atoms with Crippen molar-refractivity contribution in [3.8, 4) is 0 Å². The first-order valence-corrected chi connectivity index (χ1v) is 11.2. The van der Waals surface area contributed by atoms with Crippen LogP contribution in [0.3, 0.4) is 0 Å². The SMILES string of the molecule is CCC1CCN(c2nccc(N3CCNC4CS(=O)(=O)CC43)n2)CC1. The van der Waals surface area contributed by atoms with Crippen LogP contribution in [0, 0.1) is 5.92 Å². The largest absolute Gasteiger partial charge is 0.350 e. The molecule has 3 saturated heterocycles. The number of rotatable bonds is 3. The van der Waals surface area contributed by atoms with Crippen molar-refractivity contribution in [1.82, 2.24) is 15.3 Å². The second-order valence-corrected chi connectivity index (χ2v) is 9.61. The minimum Gasteiger partial charge on any atom is -0.350 e. The average molecular weight is 366 g/mol. The molecule has 0 spiro atoms. The van der Waals surface area contributed by atoms with Crippen molar-refractivity contribution in [1.29, 1.82) is 0 Å². The Morgan fingerprint density at radius 3 is 2.80 bits per heavy atom. The van der Waals surface area contributed by atoms with E-state index in [2.05, 4.69) is 27.0 Å². The topological polar surface area (TPSA) is 78.4 Å². The molecule has 1 aromatic rings. The van der Waals surface area contributed by atoms with E-state index in [1.165, 1.54) is 19.3 Å². The molecular formula is C17H27N5O2S. The minimum atomic E-state index is -2.97. The van der Waals surface area contributed by atoms with Crippen LogP contribution >= 0.6 is 0 Å². The number of anilines is 2. The molecule has 3 aliphatic heterocycles. The zero-order valence-corrected chi connectivity index (χ0v) is 15.6. The molecule has 0 aliphatic carbocycles. The van der Waals surface area contributed by atoms with Crippen molar-refractivity contribution in [3.63, 3.8) is 0 Å². The van der Waals surface area contributed by atoms with Gasteiger partial charge in [-0.25, -0.2) is 13.4 Å². The lowest BCUT2D eigenvalue weighted by Gasteiger charge is -2.38. The summed E-state index contributed by atoms with van der Waals surface area (Å²) < 4.78 is 24.1. The van der Waals surface area contributed by atoms with Gasteiger partial charge < -0.3 is 15.1 Å². The zero-order valence-electron chi connectivity index (χ0n) is 14.8. The Kier molecular flexibility index (Phi) is 4.58. The molecule has 4 rings (SSSR count). The second-order valence-electron chi connectivity index (χ2n) is 7.45. The van der Waals surface area contributed by atoms with Crippen molar-refractivity contribution >= 4 is 21.6 Å². The summed E-state index contributed by atoms with van der Waals surface area (Å²) in [5.74, 6) is 2.90. The third-order valence-corrected chi connectivity index (χ3v) is 7.60. The lowest BCUT2D eigenvalue weighted by atomic mass is 9.95. The summed E-state index contributed by atoms with van der Waals surface area (Å²) in [5.41, 5.74) is 0. The first kappa shape index (κ1) is 17.0. The van der Waals surface area contributed by atoms with E-state index in [0.29, 0.717) is 0 Å². The lowest BCUT2D eigenvalue weighted by Crippen LogP contribution is -2.57. The summed E-state index contributed by atoms with van der Waals surface area (Å²) >= 11 is 0. The Bertz CT molecular complexity index is 718. The molecule has 0 bridgehead atoms. The second kappa shape index (κ2) is 6.72. The summed E-state index contributed by atoms with van der Waals surface area (Å²) in [7, 11) is -2.97. The highest BCUT2D eigenvalue weighted by Crippen LogP contribution is 2.28. The van der Waals surface area contributed by atoms with Gasteiger partial charge in [-0.3, -0.25) is 0 Å². The third-order valence-electron chi connectivity index (χ3n) is 5.88. The molecule has 0 radical (unpaired) electrons.